The van der Waals surface area contributed by atoms with Gasteiger partial charge in [0.15, 0.2) is 0 Å². The Balaban J connectivity index is 2.83. The molecule has 1 aromatic rings. The molecular formula is C9H12F2N2O. The third kappa shape index (κ3) is 2.45. The summed E-state index contributed by atoms with van der Waals surface area (Å²) in [5.74, 6) is 0.725. The monoisotopic (exact) mass is 202 g/mol. The first-order chi connectivity index (χ1) is 6.52. The Morgan fingerprint density at radius 1 is 1.21 bits per heavy atom. The van der Waals surface area contributed by atoms with Gasteiger partial charge in [-0.2, -0.15) is 0 Å². The van der Waals surface area contributed by atoms with Gasteiger partial charge < -0.3 is 5.11 Å². The minimum atomic E-state index is -2.80. The molecule has 0 bridgehead atoms. The van der Waals surface area contributed by atoms with E-state index in [0.717, 1.165) is 0 Å². The number of hydrogen-bond donors (Lipinski definition) is 1. The van der Waals surface area contributed by atoms with E-state index in [1.54, 1.807) is 0 Å². The molecule has 3 nitrogen and oxygen atoms in total. The van der Waals surface area contributed by atoms with Crippen molar-refractivity contribution in [3.63, 3.8) is 0 Å². The average molecular weight is 202 g/mol. The standard InChI is InChI=1S/C9H12F2N2O/c1-5(2)9-12-3-6(4-13-9)7(14)8(10)11/h3-5,7-8,14H,1-2H3. The minimum absolute atomic E-state index is 0.0457. The summed E-state index contributed by atoms with van der Waals surface area (Å²) in [5.41, 5.74) is 0.0457. The lowest BCUT2D eigenvalue weighted by molar-refractivity contribution is -0.00620. The summed E-state index contributed by atoms with van der Waals surface area (Å²) < 4.78 is 24.1. The minimum Gasteiger partial charge on any atom is -0.382 e. The lowest BCUT2D eigenvalue weighted by Crippen LogP contribution is -2.09. The van der Waals surface area contributed by atoms with Crippen LogP contribution >= 0.6 is 0 Å². The van der Waals surface area contributed by atoms with Crippen LogP contribution in [0.2, 0.25) is 0 Å². The highest BCUT2D eigenvalue weighted by Crippen LogP contribution is 2.19. The van der Waals surface area contributed by atoms with Gasteiger partial charge >= 0.3 is 0 Å². The molecule has 1 heterocycles. The third-order valence-corrected chi connectivity index (χ3v) is 1.79. The van der Waals surface area contributed by atoms with E-state index >= 15 is 0 Å². The molecule has 14 heavy (non-hydrogen) atoms. The number of halogens is 2. The fourth-order valence-corrected chi connectivity index (χ4v) is 0.944. The van der Waals surface area contributed by atoms with E-state index in [0.29, 0.717) is 5.82 Å². The summed E-state index contributed by atoms with van der Waals surface area (Å²) in [6, 6.07) is 0. The van der Waals surface area contributed by atoms with Crippen molar-refractivity contribution < 1.29 is 13.9 Å². The largest absolute Gasteiger partial charge is 0.382 e. The van der Waals surface area contributed by atoms with Gasteiger partial charge in [-0.25, -0.2) is 18.7 Å². The Hall–Kier alpha value is -1.10. The summed E-state index contributed by atoms with van der Waals surface area (Å²) in [4.78, 5) is 7.75. The van der Waals surface area contributed by atoms with Gasteiger partial charge in [0, 0.05) is 23.9 Å². The summed E-state index contributed by atoms with van der Waals surface area (Å²) in [6.07, 6.45) is -2.13. The van der Waals surface area contributed by atoms with Crippen molar-refractivity contribution in [2.75, 3.05) is 0 Å². The van der Waals surface area contributed by atoms with Crippen molar-refractivity contribution >= 4 is 0 Å². The molecule has 1 unspecified atom stereocenters. The Morgan fingerprint density at radius 2 is 1.71 bits per heavy atom. The molecule has 0 aliphatic heterocycles. The maximum Gasteiger partial charge on any atom is 0.268 e. The van der Waals surface area contributed by atoms with Crippen LogP contribution in [0.1, 0.15) is 37.3 Å². The van der Waals surface area contributed by atoms with Crippen LogP contribution in [-0.2, 0) is 0 Å². The molecule has 0 aliphatic carbocycles. The highest BCUT2D eigenvalue weighted by atomic mass is 19.3. The normalized spacial score (nSPS) is 13.6. The zero-order valence-corrected chi connectivity index (χ0v) is 7.98. The van der Waals surface area contributed by atoms with Gasteiger partial charge in [-0.05, 0) is 0 Å². The molecular weight excluding hydrogens is 190 g/mol. The first kappa shape index (κ1) is 11.0. The van der Waals surface area contributed by atoms with Gasteiger partial charge in [-0.3, -0.25) is 0 Å². The quantitative estimate of drug-likeness (QED) is 0.814. The van der Waals surface area contributed by atoms with Gasteiger partial charge in [-0.15, -0.1) is 0 Å². The van der Waals surface area contributed by atoms with Gasteiger partial charge in [0.25, 0.3) is 6.43 Å². The molecule has 0 fully saturated rings. The van der Waals surface area contributed by atoms with Crippen LogP contribution in [-0.4, -0.2) is 21.5 Å². The third-order valence-electron chi connectivity index (χ3n) is 1.79. The van der Waals surface area contributed by atoms with Crippen molar-refractivity contribution in [2.24, 2.45) is 0 Å². The second kappa shape index (κ2) is 4.41. The van der Waals surface area contributed by atoms with E-state index in [1.165, 1.54) is 12.4 Å². The van der Waals surface area contributed by atoms with Gasteiger partial charge in [-0.1, -0.05) is 13.8 Å². The van der Waals surface area contributed by atoms with Gasteiger partial charge in [0.05, 0.1) is 0 Å². The van der Waals surface area contributed by atoms with Crippen molar-refractivity contribution in [3.05, 3.63) is 23.8 Å². The second-order valence-corrected chi connectivity index (χ2v) is 3.31. The van der Waals surface area contributed by atoms with E-state index in [9.17, 15) is 8.78 Å². The van der Waals surface area contributed by atoms with Crippen LogP contribution in [0.3, 0.4) is 0 Å². The SMILES string of the molecule is CC(C)c1ncc(C(O)C(F)F)cn1. The molecule has 0 spiro atoms. The van der Waals surface area contributed by atoms with Crippen LogP contribution in [0.5, 0.6) is 0 Å². The predicted molar refractivity (Wildman–Crippen MR) is 47.1 cm³/mol. The molecule has 1 atom stereocenters. The zero-order valence-electron chi connectivity index (χ0n) is 7.98. The van der Waals surface area contributed by atoms with E-state index in [-0.39, 0.29) is 11.5 Å². The first-order valence-electron chi connectivity index (χ1n) is 4.30. The molecule has 1 aromatic heterocycles. The summed E-state index contributed by atoms with van der Waals surface area (Å²) >= 11 is 0. The van der Waals surface area contributed by atoms with Crippen LogP contribution in [0.25, 0.3) is 0 Å². The summed E-state index contributed by atoms with van der Waals surface area (Å²) in [6.45, 7) is 3.80. The summed E-state index contributed by atoms with van der Waals surface area (Å²) in [7, 11) is 0. The zero-order chi connectivity index (χ0) is 10.7. The highest BCUT2D eigenvalue weighted by molar-refractivity contribution is 5.10. The molecule has 1 N–H and O–H groups in total. The fourth-order valence-electron chi connectivity index (χ4n) is 0.944. The molecule has 5 heteroatoms. The molecule has 0 saturated heterocycles. The van der Waals surface area contributed by atoms with Gasteiger partial charge in [0.2, 0.25) is 0 Å². The van der Waals surface area contributed by atoms with Crippen molar-refractivity contribution in [1.82, 2.24) is 9.97 Å². The van der Waals surface area contributed by atoms with Crippen LogP contribution in [0, 0.1) is 0 Å². The van der Waals surface area contributed by atoms with Gasteiger partial charge in [0.1, 0.15) is 11.9 Å². The molecule has 78 valence electrons. The maximum atomic E-state index is 12.1. The Labute approximate surface area is 80.8 Å². The highest BCUT2D eigenvalue weighted by Gasteiger charge is 2.19. The van der Waals surface area contributed by atoms with Crippen LogP contribution < -0.4 is 0 Å². The van der Waals surface area contributed by atoms with Crippen molar-refractivity contribution in [3.8, 4) is 0 Å². The molecule has 0 amide bonds. The molecule has 0 aromatic carbocycles. The van der Waals surface area contributed by atoms with E-state index in [4.69, 9.17) is 5.11 Å². The van der Waals surface area contributed by atoms with Crippen LogP contribution in [0.4, 0.5) is 8.78 Å². The second-order valence-electron chi connectivity index (χ2n) is 3.31. The van der Waals surface area contributed by atoms with E-state index in [2.05, 4.69) is 9.97 Å². The molecule has 0 saturated carbocycles. The maximum absolute atomic E-state index is 12.1. The average Bonchev–Trinajstić information content (AvgIpc) is 2.16. The van der Waals surface area contributed by atoms with E-state index in [1.807, 2.05) is 13.8 Å². The molecule has 1 rings (SSSR count). The van der Waals surface area contributed by atoms with Crippen molar-refractivity contribution in [1.29, 1.82) is 0 Å². The number of hydrogen-bond acceptors (Lipinski definition) is 3. The number of alkyl halides is 2. The number of aliphatic hydroxyl groups is 1. The Kier molecular flexibility index (Phi) is 3.46. The first-order valence-corrected chi connectivity index (χ1v) is 4.30. The van der Waals surface area contributed by atoms with E-state index < -0.39 is 12.5 Å². The lowest BCUT2D eigenvalue weighted by atomic mass is 10.2. The number of aromatic nitrogens is 2. The Morgan fingerprint density at radius 3 is 2.07 bits per heavy atom. The molecule has 0 aliphatic rings. The Bertz CT molecular complexity index is 287. The fraction of sp³-hybridized carbons (Fsp3) is 0.556. The van der Waals surface area contributed by atoms with Crippen LogP contribution in [0.15, 0.2) is 12.4 Å². The summed E-state index contributed by atoms with van der Waals surface area (Å²) in [5, 5.41) is 9.00. The topological polar surface area (TPSA) is 46.0 Å². The molecule has 0 radical (unpaired) electrons. The predicted octanol–water partition coefficient (Wildman–Crippen LogP) is 1.90. The number of aliphatic hydroxyl groups excluding tert-OH is 1. The number of nitrogens with zero attached hydrogens (tertiary/aromatic N) is 2. The number of rotatable bonds is 3. The smallest absolute Gasteiger partial charge is 0.268 e. The lowest BCUT2D eigenvalue weighted by Gasteiger charge is -2.09. The van der Waals surface area contributed by atoms with Crippen molar-refractivity contribution in [2.45, 2.75) is 32.3 Å².